The highest BCUT2D eigenvalue weighted by Crippen LogP contribution is 2.23. The van der Waals surface area contributed by atoms with E-state index in [0.29, 0.717) is 23.2 Å². The van der Waals surface area contributed by atoms with Gasteiger partial charge in [-0.2, -0.15) is 4.80 Å². The van der Waals surface area contributed by atoms with Crippen molar-refractivity contribution in [2.45, 2.75) is 20.4 Å². The number of benzene rings is 1. The van der Waals surface area contributed by atoms with E-state index < -0.39 is 5.91 Å². The van der Waals surface area contributed by atoms with Crippen LogP contribution in [0.5, 0.6) is 0 Å². The first kappa shape index (κ1) is 19.0. The molecule has 0 saturated carbocycles. The molecule has 0 aliphatic carbocycles. The quantitative estimate of drug-likeness (QED) is 0.629. The Labute approximate surface area is 165 Å². The van der Waals surface area contributed by atoms with E-state index in [1.54, 1.807) is 36.4 Å². The Balaban J connectivity index is 1.59. The molecule has 1 aromatic carbocycles. The average Bonchev–Trinajstić information content (AvgIpc) is 3.25. The topological polar surface area (TPSA) is 97.9 Å². The Kier molecular flexibility index (Phi) is 5.82. The number of carbonyl (C=O) groups is 1. The molecule has 0 atom stereocenters. The maximum absolute atomic E-state index is 12.3. The molecule has 2 N–H and O–H groups in total. The number of nitrogens with zero attached hydrogens (tertiary/aromatic N) is 4. The van der Waals surface area contributed by atoms with Crippen LogP contribution in [0.2, 0.25) is 5.02 Å². The Morgan fingerprint density at radius 3 is 2.70 bits per heavy atom. The van der Waals surface area contributed by atoms with Crippen molar-refractivity contribution >= 4 is 40.8 Å². The number of nitrogens with one attached hydrogen (secondary N) is 2. The fraction of sp³-hybridized carbons (Fsp3) is 0.235. The van der Waals surface area contributed by atoms with Gasteiger partial charge in [0.2, 0.25) is 0 Å². The van der Waals surface area contributed by atoms with Crippen molar-refractivity contribution in [3.63, 3.8) is 0 Å². The summed E-state index contributed by atoms with van der Waals surface area (Å²) in [4.78, 5) is 13.7. The first-order chi connectivity index (χ1) is 12.9. The molecule has 0 radical (unpaired) electrons. The van der Waals surface area contributed by atoms with Gasteiger partial charge in [0, 0.05) is 10.6 Å². The smallest absolute Gasteiger partial charge is 0.293 e. The van der Waals surface area contributed by atoms with Crippen LogP contribution in [-0.4, -0.2) is 31.2 Å². The van der Waals surface area contributed by atoms with E-state index in [1.165, 1.54) is 4.80 Å². The molecule has 10 heteroatoms. The van der Waals surface area contributed by atoms with Crippen LogP contribution in [0.4, 0.5) is 5.95 Å². The van der Waals surface area contributed by atoms with E-state index in [0.717, 1.165) is 5.56 Å². The van der Waals surface area contributed by atoms with Gasteiger partial charge in [-0.1, -0.05) is 30.5 Å². The fourth-order valence-corrected chi connectivity index (χ4v) is 2.53. The number of carbonyl (C=O) groups excluding carboxylic acids is 1. The molecule has 3 rings (SSSR count). The summed E-state index contributed by atoms with van der Waals surface area (Å²) in [7, 11) is 0. The van der Waals surface area contributed by atoms with Crippen molar-refractivity contribution in [1.82, 2.24) is 25.5 Å². The van der Waals surface area contributed by atoms with Crippen LogP contribution in [0, 0.1) is 5.92 Å². The van der Waals surface area contributed by atoms with E-state index >= 15 is 0 Å². The summed E-state index contributed by atoms with van der Waals surface area (Å²) >= 11 is 11.0. The maximum atomic E-state index is 12.3. The highest BCUT2D eigenvalue weighted by atomic mass is 35.5. The van der Waals surface area contributed by atoms with Crippen LogP contribution in [-0.2, 0) is 6.54 Å². The number of tetrazole rings is 1. The molecular formula is C17H17ClN6O2S. The molecule has 0 spiro atoms. The molecule has 27 heavy (non-hydrogen) atoms. The lowest BCUT2D eigenvalue weighted by molar-refractivity contribution is 0.0951. The summed E-state index contributed by atoms with van der Waals surface area (Å²) in [6.07, 6.45) is 0. The third-order valence-electron chi connectivity index (χ3n) is 3.39. The second-order valence-corrected chi connectivity index (χ2v) is 6.99. The van der Waals surface area contributed by atoms with Gasteiger partial charge < -0.3 is 4.42 Å². The standard InChI is InChI=1S/C17H17ClN6O2S/c1-10(2)9-24-22-16(21-23-24)20-17(27)19-15(25)14-8-7-13(26-14)11-3-5-12(18)6-4-11/h3-8,10H,9H2,1-2H3,(H2,19,20,22,25,27). The third-order valence-corrected chi connectivity index (χ3v) is 3.85. The van der Waals surface area contributed by atoms with Crippen molar-refractivity contribution in [3.05, 3.63) is 47.2 Å². The highest BCUT2D eigenvalue weighted by Gasteiger charge is 2.15. The second kappa shape index (κ2) is 8.28. The second-order valence-electron chi connectivity index (χ2n) is 6.14. The zero-order valence-corrected chi connectivity index (χ0v) is 16.2. The molecule has 2 heterocycles. The summed E-state index contributed by atoms with van der Waals surface area (Å²) in [6.45, 7) is 4.72. The van der Waals surface area contributed by atoms with Crippen molar-refractivity contribution in [2.24, 2.45) is 5.92 Å². The summed E-state index contributed by atoms with van der Waals surface area (Å²) in [5, 5.41) is 17.8. The van der Waals surface area contributed by atoms with Gasteiger partial charge in [0.1, 0.15) is 5.76 Å². The van der Waals surface area contributed by atoms with Crippen LogP contribution >= 0.6 is 23.8 Å². The third kappa shape index (κ3) is 5.11. The summed E-state index contributed by atoms with van der Waals surface area (Å²) in [5.41, 5.74) is 0.810. The van der Waals surface area contributed by atoms with Gasteiger partial charge in [0.05, 0.1) is 6.54 Å². The molecule has 8 nitrogen and oxygen atoms in total. The molecule has 140 valence electrons. The van der Waals surface area contributed by atoms with Crippen LogP contribution in [0.1, 0.15) is 24.4 Å². The number of furan rings is 1. The van der Waals surface area contributed by atoms with Crippen molar-refractivity contribution < 1.29 is 9.21 Å². The minimum atomic E-state index is -0.484. The lowest BCUT2D eigenvalue weighted by atomic mass is 10.2. The minimum absolute atomic E-state index is 0.0496. The minimum Gasteiger partial charge on any atom is -0.451 e. The Hall–Kier alpha value is -2.78. The van der Waals surface area contributed by atoms with E-state index in [4.69, 9.17) is 28.2 Å². The number of aromatic nitrogens is 4. The van der Waals surface area contributed by atoms with Crippen LogP contribution in [0.3, 0.4) is 0 Å². The first-order valence-corrected chi connectivity index (χ1v) is 8.95. The van der Waals surface area contributed by atoms with Gasteiger partial charge in [-0.05, 0) is 59.7 Å². The van der Waals surface area contributed by atoms with Crippen molar-refractivity contribution in [3.8, 4) is 11.3 Å². The predicted molar refractivity (Wildman–Crippen MR) is 105 cm³/mol. The lowest BCUT2D eigenvalue weighted by Crippen LogP contribution is -2.34. The van der Waals surface area contributed by atoms with Gasteiger partial charge in [-0.25, -0.2) is 0 Å². The molecule has 0 bridgehead atoms. The van der Waals surface area contributed by atoms with Crippen LogP contribution < -0.4 is 10.6 Å². The highest BCUT2D eigenvalue weighted by molar-refractivity contribution is 7.80. The van der Waals surface area contributed by atoms with E-state index in [2.05, 4.69) is 26.0 Å². The number of halogens is 1. The van der Waals surface area contributed by atoms with Crippen LogP contribution in [0.25, 0.3) is 11.3 Å². The largest absolute Gasteiger partial charge is 0.451 e. The lowest BCUT2D eigenvalue weighted by Gasteiger charge is -2.05. The summed E-state index contributed by atoms with van der Waals surface area (Å²) in [5.74, 6) is 0.784. The van der Waals surface area contributed by atoms with Gasteiger partial charge in [-0.15, -0.1) is 5.10 Å². The molecule has 0 fully saturated rings. The molecule has 1 amide bonds. The van der Waals surface area contributed by atoms with E-state index in [9.17, 15) is 4.79 Å². The SMILES string of the molecule is CC(C)Cn1nnc(NC(=S)NC(=O)c2ccc(-c3ccc(Cl)cc3)o2)n1. The van der Waals surface area contributed by atoms with E-state index in [-0.39, 0.29) is 16.8 Å². The van der Waals surface area contributed by atoms with Gasteiger partial charge in [0.15, 0.2) is 10.9 Å². The van der Waals surface area contributed by atoms with Crippen molar-refractivity contribution in [1.29, 1.82) is 0 Å². The molecule has 0 unspecified atom stereocenters. The number of rotatable bonds is 5. The maximum Gasteiger partial charge on any atom is 0.293 e. The zero-order valence-electron chi connectivity index (χ0n) is 14.6. The summed E-state index contributed by atoms with van der Waals surface area (Å²) < 4.78 is 5.58. The molecule has 0 saturated heterocycles. The molecular weight excluding hydrogens is 388 g/mol. The van der Waals surface area contributed by atoms with Crippen LogP contribution in [0.15, 0.2) is 40.8 Å². The number of anilines is 1. The van der Waals surface area contributed by atoms with Gasteiger partial charge in [-0.3, -0.25) is 15.4 Å². The Bertz CT molecular complexity index is 951. The summed E-state index contributed by atoms with van der Waals surface area (Å²) in [6, 6.07) is 10.4. The predicted octanol–water partition coefficient (Wildman–Crippen LogP) is 3.37. The zero-order chi connectivity index (χ0) is 19.4. The molecule has 3 aromatic rings. The fourth-order valence-electron chi connectivity index (χ4n) is 2.22. The molecule has 0 aliphatic rings. The van der Waals surface area contributed by atoms with Gasteiger partial charge >= 0.3 is 0 Å². The Morgan fingerprint density at radius 2 is 2.00 bits per heavy atom. The monoisotopic (exact) mass is 404 g/mol. The Morgan fingerprint density at radius 1 is 1.26 bits per heavy atom. The molecule has 2 aromatic heterocycles. The van der Waals surface area contributed by atoms with E-state index in [1.807, 2.05) is 13.8 Å². The number of hydrogen-bond donors (Lipinski definition) is 2. The number of amides is 1. The normalized spacial score (nSPS) is 10.8. The van der Waals surface area contributed by atoms with Crippen molar-refractivity contribution in [2.75, 3.05) is 5.32 Å². The molecule has 0 aliphatic heterocycles. The number of hydrogen-bond acceptors (Lipinski definition) is 6. The van der Waals surface area contributed by atoms with Gasteiger partial charge in [0.25, 0.3) is 11.9 Å². The first-order valence-electron chi connectivity index (χ1n) is 8.16. The average molecular weight is 405 g/mol. The number of thiocarbonyl (C=S) groups is 1.